The summed E-state index contributed by atoms with van der Waals surface area (Å²) in [6.07, 6.45) is 0.189. The number of β-amino-alcohol motifs (C(OH)–C–C–N with tert-alkyl or cyclic N) is 1. The van der Waals surface area contributed by atoms with Gasteiger partial charge in [-0.1, -0.05) is 0 Å². The predicted octanol–water partition coefficient (Wildman–Crippen LogP) is 1.12. The van der Waals surface area contributed by atoms with Gasteiger partial charge in [0.15, 0.2) is 0 Å². The molecule has 2 aliphatic heterocycles. The first-order chi connectivity index (χ1) is 11.2. The quantitative estimate of drug-likeness (QED) is 0.793. The zero-order chi connectivity index (χ0) is 17.7. The lowest BCUT2D eigenvalue weighted by Crippen LogP contribution is -2.37. The molecule has 24 heavy (non-hydrogen) atoms. The monoisotopic (exact) mass is 344 g/mol. The largest absolute Gasteiger partial charge is 0.447 e. The lowest BCUT2D eigenvalue weighted by Gasteiger charge is -2.24. The number of likely N-dealkylation sites (tertiary alicyclic amines) is 1. The summed E-state index contributed by atoms with van der Waals surface area (Å²) in [4.78, 5) is 25.2. The van der Waals surface area contributed by atoms with Crippen molar-refractivity contribution in [1.82, 2.24) is 10.2 Å². The highest BCUT2D eigenvalue weighted by atomic mass is 16.6. The molecule has 2 fully saturated rings. The summed E-state index contributed by atoms with van der Waals surface area (Å²) in [5, 5.41) is 12.7. The minimum atomic E-state index is -0.698. The highest BCUT2D eigenvalue weighted by Gasteiger charge is 2.36. The van der Waals surface area contributed by atoms with Crippen LogP contribution in [0.2, 0.25) is 0 Å². The van der Waals surface area contributed by atoms with Crippen LogP contribution < -0.4 is 5.32 Å². The molecule has 2 saturated heterocycles. The molecule has 0 radical (unpaired) electrons. The Labute approximate surface area is 142 Å². The summed E-state index contributed by atoms with van der Waals surface area (Å²) >= 11 is 0. The fraction of sp³-hybridized carbons (Fsp3) is 0.875. The normalized spacial score (nSPS) is 27.2. The van der Waals surface area contributed by atoms with E-state index < -0.39 is 23.9 Å². The summed E-state index contributed by atoms with van der Waals surface area (Å²) in [6, 6.07) is 0. The van der Waals surface area contributed by atoms with Crippen LogP contribution in [0.1, 0.15) is 33.6 Å². The Balaban J connectivity index is 1.68. The number of hydrogen-bond acceptors (Lipinski definition) is 6. The van der Waals surface area contributed by atoms with E-state index in [9.17, 15) is 14.7 Å². The molecule has 0 aliphatic carbocycles. The Hall–Kier alpha value is -1.54. The minimum Gasteiger partial charge on any atom is -0.447 e. The number of ether oxygens (including phenoxy) is 3. The molecule has 0 aromatic heterocycles. The molecular formula is C16H28N2O6. The Kier molecular flexibility index (Phi) is 6.28. The van der Waals surface area contributed by atoms with E-state index in [-0.39, 0.29) is 31.7 Å². The molecule has 8 nitrogen and oxygen atoms in total. The molecule has 0 aromatic rings. The van der Waals surface area contributed by atoms with Crippen LogP contribution in [0.25, 0.3) is 0 Å². The van der Waals surface area contributed by atoms with E-state index in [4.69, 9.17) is 14.2 Å². The summed E-state index contributed by atoms with van der Waals surface area (Å²) < 4.78 is 15.8. The van der Waals surface area contributed by atoms with Crippen molar-refractivity contribution in [2.75, 3.05) is 32.8 Å². The van der Waals surface area contributed by atoms with Crippen molar-refractivity contribution in [2.45, 2.75) is 51.4 Å². The minimum absolute atomic E-state index is 0.0181. The van der Waals surface area contributed by atoms with Crippen molar-refractivity contribution in [2.24, 2.45) is 5.92 Å². The van der Waals surface area contributed by atoms with Crippen molar-refractivity contribution in [3.05, 3.63) is 0 Å². The van der Waals surface area contributed by atoms with E-state index in [0.717, 1.165) is 12.8 Å². The van der Waals surface area contributed by atoms with Crippen LogP contribution in [0.15, 0.2) is 0 Å². The highest BCUT2D eigenvalue weighted by Crippen LogP contribution is 2.19. The molecule has 3 atom stereocenters. The van der Waals surface area contributed by atoms with Gasteiger partial charge < -0.3 is 29.5 Å². The molecule has 8 heteroatoms. The van der Waals surface area contributed by atoms with Gasteiger partial charge >= 0.3 is 12.2 Å². The molecule has 0 aromatic carbocycles. The van der Waals surface area contributed by atoms with Crippen molar-refractivity contribution >= 4 is 12.2 Å². The second-order valence-electron chi connectivity index (χ2n) is 7.33. The molecule has 0 unspecified atom stereocenters. The lowest BCUT2D eigenvalue weighted by atomic mass is 10.1. The third kappa shape index (κ3) is 5.83. The van der Waals surface area contributed by atoms with Crippen LogP contribution in [0.5, 0.6) is 0 Å². The number of nitrogens with one attached hydrogen (secondary N) is 1. The highest BCUT2D eigenvalue weighted by molar-refractivity contribution is 5.69. The fourth-order valence-corrected chi connectivity index (χ4v) is 2.74. The predicted molar refractivity (Wildman–Crippen MR) is 85.6 cm³/mol. The maximum atomic E-state index is 12.0. The molecule has 2 aliphatic rings. The Morgan fingerprint density at radius 2 is 2.08 bits per heavy atom. The van der Waals surface area contributed by atoms with Gasteiger partial charge in [0.25, 0.3) is 0 Å². The van der Waals surface area contributed by atoms with E-state index in [1.54, 1.807) is 20.8 Å². The van der Waals surface area contributed by atoms with E-state index in [1.165, 1.54) is 4.90 Å². The second-order valence-corrected chi connectivity index (χ2v) is 7.33. The van der Waals surface area contributed by atoms with E-state index >= 15 is 0 Å². The van der Waals surface area contributed by atoms with Crippen molar-refractivity contribution in [1.29, 1.82) is 0 Å². The van der Waals surface area contributed by atoms with Crippen molar-refractivity contribution in [3.8, 4) is 0 Å². The van der Waals surface area contributed by atoms with E-state index in [1.807, 2.05) is 0 Å². The summed E-state index contributed by atoms with van der Waals surface area (Å²) in [5.41, 5.74) is -0.579. The SMILES string of the molecule is CC(C)(C)OC(=O)N1C[C@H](CNC(=O)OC[C@@H]2CCCO2)[C@@H](O)C1. The number of amides is 2. The number of rotatable bonds is 4. The van der Waals surface area contributed by atoms with E-state index in [0.29, 0.717) is 13.2 Å². The summed E-state index contributed by atoms with van der Waals surface area (Å²) in [6.45, 7) is 7.11. The molecule has 2 heterocycles. The molecule has 0 spiro atoms. The second kappa shape index (κ2) is 8.02. The average Bonchev–Trinajstić information content (AvgIpc) is 3.10. The number of aliphatic hydroxyl groups is 1. The van der Waals surface area contributed by atoms with Gasteiger partial charge in [-0.2, -0.15) is 0 Å². The van der Waals surface area contributed by atoms with Crippen molar-refractivity contribution < 1.29 is 28.9 Å². The Morgan fingerprint density at radius 1 is 1.33 bits per heavy atom. The first-order valence-electron chi connectivity index (χ1n) is 8.43. The number of alkyl carbamates (subject to hydrolysis) is 1. The maximum absolute atomic E-state index is 12.0. The van der Waals surface area contributed by atoms with Gasteiger partial charge in [-0.25, -0.2) is 9.59 Å². The molecule has 2 rings (SSSR count). The van der Waals surface area contributed by atoms with Crippen molar-refractivity contribution in [3.63, 3.8) is 0 Å². The van der Waals surface area contributed by atoms with Crippen LogP contribution in [0.4, 0.5) is 9.59 Å². The fourth-order valence-electron chi connectivity index (χ4n) is 2.74. The lowest BCUT2D eigenvalue weighted by molar-refractivity contribution is 0.0270. The van der Waals surface area contributed by atoms with Gasteiger partial charge in [-0.3, -0.25) is 0 Å². The van der Waals surface area contributed by atoms with Gasteiger partial charge in [0, 0.05) is 25.6 Å². The topological polar surface area (TPSA) is 97.3 Å². The maximum Gasteiger partial charge on any atom is 0.410 e. The molecule has 0 bridgehead atoms. The van der Waals surface area contributed by atoms with Crippen LogP contribution in [-0.4, -0.2) is 72.8 Å². The van der Waals surface area contributed by atoms with Gasteiger partial charge in [-0.05, 0) is 33.6 Å². The van der Waals surface area contributed by atoms with Crippen LogP contribution in [0, 0.1) is 5.92 Å². The Morgan fingerprint density at radius 3 is 2.71 bits per heavy atom. The third-order valence-corrected chi connectivity index (χ3v) is 3.99. The van der Waals surface area contributed by atoms with Gasteiger partial charge in [-0.15, -0.1) is 0 Å². The van der Waals surface area contributed by atoms with Crippen LogP contribution in [-0.2, 0) is 14.2 Å². The summed E-state index contributed by atoms with van der Waals surface area (Å²) in [5.74, 6) is -0.243. The zero-order valence-corrected chi connectivity index (χ0v) is 14.6. The number of nitrogens with zero attached hydrogens (tertiary/aromatic N) is 1. The molecule has 138 valence electrons. The number of carbonyl (C=O) groups excluding carboxylic acids is 2. The zero-order valence-electron chi connectivity index (χ0n) is 14.6. The third-order valence-electron chi connectivity index (χ3n) is 3.99. The van der Waals surface area contributed by atoms with Gasteiger partial charge in [0.05, 0.1) is 18.8 Å². The summed E-state index contributed by atoms with van der Waals surface area (Å²) in [7, 11) is 0. The first-order valence-corrected chi connectivity index (χ1v) is 8.43. The first kappa shape index (κ1) is 18.8. The molecule has 2 amide bonds. The molecule has 2 N–H and O–H groups in total. The van der Waals surface area contributed by atoms with E-state index in [2.05, 4.69) is 5.32 Å². The smallest absolute Gasteiger partial charge is 0.410 e. The number of aliphatic hydroxyl groups excluding tert-OH is 1. The molecular weight excluding hydrogens is 316 g/mol. The van der Waals surface area contributed by atoms with Gasteiger partial charge in [0.2, 0.25) is 0 Å². The average molecular weight is 344 g/mol. The van der Waals surface area contributed by atoms with Crippen LogP contribution in [0.3, 0.4) is 0 Å². The Bertz CT molecular complexity index is 444. The standard InChI is InChI=1S/C16H28N2O6/c1-16(2,3)24-15(21)18-8-11(13(19)9-18)7-17-14(20)23-10-12-5-4-6-22-12/h11-13,19H,4-10H2,1-3H3,(H,17,20)/t11-,12-,13-/m0/s1. The van der Waals surface area contributed by atoms with Gasteiger partial charge in [0.1, 0.15) is 12.2 Å². The number of carbonyl (C=O) groups is 2. The molecule has 0 saturated carbocycles. The van der Waals surface area contributed by atoms with Crippen LogP contribution >= 0.6 is 0 Å². The number of hydrogen-bond donors (Lipinski definition) is 2.